The smallest absolute Gasteiger partial charge is 0.195 e. The Morgan fingerprint density at radius 3 is 2.41 bits per heavy atom. The molecule has 0 radical (unpaired) electrons. The van der Waals surface area contributed by atoms with E-state index in [0.717, 1.165) is 54.6 Å². The minimum atomic E-state index is 0.0458. The third kappa shape index (κ3) is 3.94. The van der Waals surface area contributed by atoms with Crippen LogP contribution in [-0.4, -0.2) is 30.0 Å². The number of carbonyl (C=O) groups is 1. The molecule has 0 spiro atoms. The molecule has 1 aliphatic carbocycles. The summed E-state index contributed by atoms with van der Waals surface area (Å²) >= 11 is 0. The van der Waals surface area contributed by atoms with Gasteiger partial charge < -0.3 is 14.6 Å². The van der Waals surface area contributed by atoms with Crippen molar-refractivity contribution in [1.82, 2.24) is 9.88 Å². The summed E-state index contributed by atoms with van der Waals surface area (Å²) in [6.45, 7) is 1.76. The zero-order valence-electron chi connectivity index (χ0n) is 18.4. The topological polar surface area (TPSA) is 43.3 Å². The highest BCUT2D eigenvalue weighted by Gasteiger charge is 2.21. The molecule has 1 aliphatic rings. The first kappa shape index (κ1) is 20.5. The van der Waals surface area contributed by atoms with Gasteiger partial charge in [0.2, 0.25) is 0 Å². The average molecular weight is 425 g/mol. The highest BCUT2D eigenvalue weighted by molar-refractivity contribution is 6.17. The number of benzene rings is 3. The van der Waals surface area contributed by atoms with Gasteiger partial charge in [0.05, 0.1) is 12.6 Å². The van der Waals surface area contributed by atoms with Crippen molar-refractivity contribution < 1.29 is 9.53 Å². The molecule has 32 heavy (non-hydrogen) atoms. The molecular weight excluding hydrogens is 396 g/mol. The minimum Gasteiger partial charge on any atom is -0.495 e. The Bertz CT molecular complexity index is 1220. The van der Waals surface area contributed by atoms with Gasteiger partial charge in [0.25, 0.3) is 0 Å². The fourth-order valence-corrected chi connectivity index (χ4v) is 4.85. The van der Waals surface area contributed by atoms with Gasteiger partial charge in [-0.15, -0.1) is 0 Å². The molecule has 0 saturated heterocycles. The van der Waals surface area contributed by atoms with Crippen LogP contribution in [0.15, 0.2) is 79.0 Å². The molecular formula is C28H28N2O2. The predicted octanol–water partition coefficient (Wildman–Crippen LogP) is 5.03. The number of nitrogens with zero attached hydrogens (tertiary/aromatic N) is 1. The van der Waals surface area contributed by atoms with Crippen molar-refractivity contribution in [3.8, 4) is 5.75 Å². The molecule has 1 aromatic heterocycles. The summed E-state index contributed by atoms with van der Waals surface area (Å²) in [5.74, 6) is 0.846. The number of aryl methyl sites for hydroxylation is 1. The fourth-order valence-electron chi connectivity index (χ4n) is 4.85. The second-order valence-electron chi connectivity index (χ2n) is 8.47. The maximum Gasteiger partial charge on any atom is 0.195 e. The van der Waals surface area contributed by atoms with E-state index in [4.69, 9.17) is 4.74 Å². The lowest BCUT2D eigenvalue weighted by molar-refractivity contribution is 0.104. The number of methoxy groups -OCH3 is 1. The molecule has 0 saturated carbocycles. The largest absolute Gasteiger partial charge is 0.495 e. The summed E-state index contributed by atoms with van der Waals surface area (Å²) < 4.78 is 7.82. The van der Waals surface area contributed by atoms with Crippen LogP contribution in [0, 0.1) is 0 Å². The Balaban J connectivity index is 1.32. The van der Waals surface area contributed by atoms with Crippen LogP contribution in [0.3, 0.4) is 0 Å². The molecule has 0 atom stereocenters. The molecule has 4 aromatic rings. The molecule has 0 bridgehead atoms. The summed E-state index contributed by atoms with van der Waals surface area (Å²) in [5.41, 5.74) is 5.36. The third-order valence-electron chi connectivity index (χ3n) is 6.42. The Morgan fingerprint density at radius 2 is 1.69 bits per heavy atom. The van der Waals surface area contributed by atoms with Gasteiger partial charge in [-0.1, -0.05) is 66.7 Å². The zero-order valence-corrected chi connectivity index (χ0v) is 18.4. The number of ether oxygens (including phenoxy) is 1. The molecule has 5 rings (SSSR count). The molecule has 162 valence electrons. The quantitative estimate of drug-likeness (QED) is 0.319. The van der Waals surface area contributed by atoms with Crippen molar-refractivity contribution in [3.05, 3.63) is 101 Å². The van der Waals surface area contributed by atoms with Crippen LogP contribution >= 0.6 is 0 Å². The lowest BCUT2D eigenvalue weighted by Gasteiger charge is -2.13. The van der Waals surface area contributed by atoms with E-state index in [9.17, 15) is 4.79 Å². The number of aromatic nitrogens is 1. The van der Waals surface area contributed by atoms with E-state index >= 15 is 0 Å². The van der Waals surface area contributed by atoms with Gasteiger partial charge in [0, 0.05) is 35.3 Å². The van der Waals surface area contributed by atoms with Crippen molar-refractivity contribution in [2.75, 3.05) is 13.7 Å². The van der Waals surface area contributed by atoms with Gasteiger partial charge in [-0.3, -0.25) is 4.79 Å². The number of ketones is 1. The number of nitrogens with one attached hydrogen (secondary N) is 1. The van der Waals surface area contributed by atoms with Crippen LogP contribution < -0.4 is 10.1 Å². The molecule has 1 heterocycles. The second kappa shape index (κ2) is 9.01. The van der Waals surface area contributed by atoms with Gasteiger partial charge in [0.1, 0.15) is 5.75 Å². The Labute approximate surface area is 188 Å². The second-order valence-corrected chi connectivity index (χ2v) is 8.47. The molecule has 4 heteroatoms. The first-order chi connectivity index (χ1) is 15.7. The third-order valence-corrected chi connectivity index (χ3v) is 6.42. The molecule has 0 unspecified atom stereocenters. The van der Waals surface area contributed by atoms with E-state index in [1.807, 2.05) is 54.7 Å². The Morgan fingerprint density at radius 1 is 0.969 bits per heavy atom. The van der Waals surface area contributed by atoms with Crippen molar-refractivity contribution in [3.63, 3.8) is 0 Å². The maximum atomic E-state index is 13.2. The van der Waals surface area contributed by atoms with Crippen LogP contribution in [-0.2, 0) is 19.4 Å². The average Bonchev–Trinajstić information content (AvgIpc) is 3.43. The lowest BCUT2D eigenvalue weighted by atomic mass is 10.0. The highest BCUT2D eigenvalue weighted by atomic mass is 16.5. The van der Waals surface area contributed by atoms with Gasteiger partial charge in [-0.2, -0.15) is 0 Å². The van der Waals surface area contributed by atoms with Gasteiger partial charge in [-0.05, 0) is 43.0 Å². The summed E-state index contributed by atoms with van der Waals surface area (Å²) in [4.78, 5) is 13.2. The molecule has 0 aliphatic heterocycles. The number of hydrogen-bond acceptors (Lipinski definition) is 3. The van der Waals surface area contributed by atoms with E-state index in [0.29, 0.717) is 11.6 Å². The minimum absolute atomic E-state index is 0.0458. The van der Waals surface area contributed by atoms with Crippen LogP contribution in [0.25, 0.3) is 10.9 Å². The highest BCUT2D eigenvalue weighted by Crippen LogP contribution is 2.31. The van der Waals surface area contributed by atoms with Crippen LogP contribution in [0.5, 0.6) is 5.75 Å². The summed E-state index contributed by atoms with van der Waals surface area (Å²) in [7, 11) is 1.68. The SMILES string of the molecule is COc1cccc2c(C(=O)c3ccccc3)cn(CCCNC3Cc4ccccc4C3)c12. The van der Waals surface area contributed by atoms with E-state index in [1.54, 1.807) is 7.11 Å². The summed E-state index contributed by atoms with van der Waals surface area (Å²) in [6, 6.07) is 24.6. The lowest BCUT2D eigenvalue weighted by Crippen LogP contribution is -2.30. The monoisotopic (exact) mass is 424 g/mol. The van der Waals surface area contributed by atoms with Gasteiger partial charge in [0.15, 0.2) is 5.78 Å². The fraction of sp³-hybridized carbons (Fsp3) is 0.250. The number of hydrogen-bond donors (Lipinski definition) is 1. The predicted molar refractivity (Wildman–Crippen MR) is 129 cm³/mol. The number of rotatable bonds is 8. The Kier molecular flexibility index (Phi) is 5.78. The Hall–Kier alpha value is -3.37. The molecule has 4 nitrogen and oxygen atoms in total. The first-order valence-corrected chi connectivity index (χ1v) is 11.3. The number of para-hydroxylation sites is 1. The van der Waals surface area contributed by atoms with E-state index in [2.05, 4.69) is 34.1 Å². The molecule has 0 fully saturated rings. The van der Waals surface area contributed by atoms with Crippen LogP contribution in [0.4, 0.5) is 0 Å². The van der Waals surface area contributed by atoms with Crippen molar-refractivity contribution in [1.29, 1.82) is 0 Å². The number of fused-ring (bicyclic) bond motifs is 2. The first-order valence-electron chi connectivity index (χ1n) is 11.3. The molecule has 0 amide bonds. The van der Waals surface area contributed by atoms with Crippen LogP contribution in [0.1, 0.15) is 33.5 Å². The van der Waals surface area contributed by atoms with E-state index < -0.39 is 0 Å². The normalized spacial score (nSPS) is 13.4. The van der Waals surface area contributed by atoms with Crippen molar-refractivity contribution in [2.24, 2.45) is 0 Å². The molecule has 1 N–H and O–H groups in total. The van der Waals surface area contributed by atoms with E-state index in [1.165, 1.54) is 11.1 Å². The standard InChI is InChI=1S/C28H28N2O2/c1-32-26-14-7-13-24-25(28(31)20-9-3-2-4-10-20)19-30(27(24)26)16-8-15-29-23-17-21-11-5-6-12-22(21)18-23/h2-7,9-14,19,23,29H,8,15-18H2,1H3. The summed E-state index contributed by atoms with van der Waals surface area (Å²) in [6.07, 6.45) is 5.18. The van der Waals surface area contributed by atoms with Gasteiger partial charge in [-0.25, -0.2) is 0 Å². The van der Waals surface area contributed by atoms with Gasteiger partial charge >= 0.3 is 0 Å². The zero-order chi connectivity index (χ0) is 21.9. The van der Waals surface area contributed by atoms with Crippen LogP contribution in [0.2, 0.25) is 0 Å². The maximum absolute atomic E-state index is 13.2. The van der Waals surface area contributed by atoms with E-state index in [-0.39, 0.29) is 5.78 Å². The summed E-state index contributed by atoms with van der Waals surface area (Å²) in [5, 5.41) is 4.66. The van der Waals surface area contributed by atoms with Crippen molar-refractivity contribution >= 4 is 16.7 Å². The number of carbonyl (C=O) groups excluding carboxylic acids is 1. The molecule has 3 aromatic carbocycles. The van der Waals surface area contributed by atoms with Crippen molar-refractivity contribution in [2.45, 2.75) is 31.8 Å².